The van der Waals surface area contributed by atoms with Crippen LogP contribution in [0.5, 0.6) is 0 Å². The maximum absolute atomic E-state index is 12.2. The Morgan fingerprint density at radius 1 is 1.55 bits per heavy atom. The van der Waals surface area contributed by atoms with Crippen LogP contribution in [0.2, 0.25) is 0 Å². The molecule has 0 aromatic carbocycles. The van der Waals surface area contributed by atoms with E-state index in [1.165, 1.54) is 17.8 Å². The molecular formula is C14H22N2O3S. The first kappa shape index (κ1) is 15.3. The number of aliphatic hydroxyl groups excluding tert-OH is 1. The molecule has 5 nitrogen and oxygen atoms in total. The van der Waals surface area contributed by atoms with E-state index in [1.807, 2.05) is 17.2 Å². The first-order valence-corrected chi connectivity index (χ1v) is 8.06. The van der Waals surface area contributed by atoms with Gasteiger partial charge in [0.2, 0.25) is 5.91 Å². The Morgan fingerprint density at radius 3 is 2.80 bits per heavy atom. The van der Waals surface area contributed by atoms with E-state index >= 15 is 0 Å². The molecule has 1 aliphatic carbocycles. The fourth-order valence-electron chi connectivity index (χ4n) is 2.52. The molecule has 6 heteroatoms. The highest BCUT2D eigenvalue weighted by atomic mass is 32.1. The van der Waals surface area contributed by atoms with E-state index in [9.17, 15) is 9.59 Å². The Morgan fingerprint density at radius 2 is 2.30 bits per heavy atom. The molecule has 2 rings (SSSR count). The molecule has 1 saturated carbocycles. The lowest BCUT2D eigenvalue weighted by Crippen LogP contribution is -2.45. The molecule has 112 valence electrons. The Kier molecular flexibility index (Phi) is 5.37. The third kappa shape index (κ3) is 3.49. The molecule has 0 atom stereocenters. The average molecular weight is 298 g/mol. The summed E-state index contributed by atoms with van der Waals surface area (Å²) < 4.78 is 1.72. The molecule has 0 radical (unpaired) electrons. The third-order valence-electron chi connectivity index (χ3n) is 3.93. The molecule has 1 heterocycles. The number of thiazole rings is 1. The van der Waals surface area contributed by atoms with E-state index in [2.05, 4.69) is 0 Å². The molecule has 1 fully saturated rings. The number of aromatic nitrogens is 1. The van der Waals surface area contributed by atoms with Gasteiger partial charge in [-0.2, -0.15) is 0 Å². The van der Waals surface area contributed by atoms with Gasteiger partial charge in [0.1, 0.15) is 0 Å². The van der Waals surface area contributed by atoms with Gasteiger partial charge in [-0.15, -0.1) is 0 Å². The van der Waals surface area contributed by atoms with E-state index in [0.29, 0.717) is 32.0 Å². The topological polar surface area (TPSA) is 62.5 Å². The molecule has 1 amide bonds. The van der Waals surface area contributed by atoms with Crippen LogP contribution in [0, 0.1) is 6.92 Å². The lowest BCUT2D eigenvalue weighted by molar-refractivity contribution is -0.136. The second-order valence-corrected chi connectivity index (χ2v) is 6.11. The van der Waals surface area contributed by atoms with Gasteiger partial charge < -0.3 is 14.6 Å². The van der Waals surface area contributed by atoms with Crippen LogP contribution in [-0.4, -0.2) is 39.7 Å². The van der Waals surface area contributed by atoms with Crippen molar-refractivity contribution in [2.45, 2.75) is 51.6 Å². The third-order valence-corrected chi connectivity index (χ3v) is 4.81. The van der Waals surface area contributed by atoms with E-state index in [0.717, 1.165) is 18.5 Å². The van der Waals surface area contributed by atoms with Crippen LogP contribution in [0.25, 0.3) is 0 Å². The van der Waals surface area contributed by atoms with Crippen molar-refractivity contribution in [2.75, 3.05) is 13.2 Å². The number of carbonyl (C=O) groups is 1. The molecule has 1 aromatic heterocycles. The molecular weight excluding hydrogens is 276 g/mol. The Balaban J connectivity index is 1.83. The normalized spacial score (nSPS) is 15.1. The van der Waals surface area contributed by atoms with Crippen molar-refractivity contribution >= 4 is 17.2 Å². The minimum Gasteiger partial charge on any atom is -0.395 e. The summed E-state index contributed by atoms with van der Waals surface area (Å²) in [5.41, 5.74) is 0.957. The van der Waals surface area contributed by atoms with Crippen LogP contribution in [0.15, 0.2) is 10.2 Å². The maximum atomic E-state index is 12.2. The Hall–Kier alpha value is -1.14. The highest BCUT2D eigenvalue weighted by Gasteiger charge is 2.27. The van der Waals surface area contributed by atoms with E-state index in [4.69, 9.17) is 5.11 Å². The van der Waals surface area contributed by atoms with Gasteiger partial charge in [-0.25, -0.2) is 0 Å². The molecule has 1 aliphatic rings. The average Bonchev–Trinajstić information content (AvgIpc) is 2.67. The molecule has 0 saturated heterocycles. The van der Waals surface area contributed by atoms with E-state index in [1.54, 1.807) is 4.57 Å². The molecule has 20 heavy (non-hydrogen) atoms. The molecule has 0 unspecified atom stereocenters. The summed E-state index contributed by atoms with van der Waals surface area (Å²) in [5, 5.41) is 10.9. The van der Waals surface area contributed by atoms with Crippen molar-refractivity contribution in [3.63, 3.8) is 0 Å². The van der Waals surface area contributed by atoms with Crippen LogP contribution < -0.4 is 4.87 Å². The summed E-state index contributed by atoms with van der Waals surface area (Å²) in [4.78, 5) is 25.6. The number of nitrogens with zero attached hydrogens (tertiary/aromatic N) is 2. The fraction of sp³-hybridized carbons (Fsp3) is 0.714. The molecule has 1 N–H and O–H groups in total. The first-order chi connectivity index (χ1) is 9.63. The van der Waals surface area contributed by atoms with Crippen molar-refractivity contribution < 1.29 is 9.90 Å². The smallest absolute Gasteiger partial charge is 0.307 e. The number of aryl methyl sites for hydroxylation is 1. The quantitative estimate of drug-likeness (QED) is 0.827. The van der Waals surface area contributed by atoms with Gasteiger partial charge in [-0.05, 0) is 32.6 Å². The summed E-state index contributed by atoms with van der Waals surface area (Å²) in [6.45, 7) is 2.95. The van der Waals surface area contributed by atoms with Gasteiger partial charge in [0.25, 0.3) is 0 Å². The Bertz CT molecular complexity index is 505. The van der Waals surface area contributed by atoms with Crippen LogP contribution in [0.1, 0.15) is 37.8 Å². The fourth-order valence-corrected chi connectivity index (χ4v) is 3.28. The highest BCUT2D eigenvalue weighted by Crippen LogP contribution is 2.25. The number of aliphatic hydroxyl groups is 1. The number of rotatable bonds is 7. The standard InChI is InChI=1S/C14H22N2O3S/c1-11-10-20-14(19)15(11)7-3-6-13(18)16(8-9-17)12-4-2-5-12/h10,12,17H,2-9H2,1H3. The zero-order valence-corrected chi connectivity index (χ0v) is 12.7. The second kappa shape index (κ2) is 7.04. The van der Waals surface area contributed by atoms with Gasteiger partial charge >= 0.3 is 4.87 Å². The van der Waals surface area contributed by atoms with Crippen molar-refractivity contribution in [2.24, 2.45) is 0 Å². The van der Waals surface area contributed by atoms with Crippen LogP contribution in [0.3, 0.4) is 0 Å². The molecule has 0 spiro atoms. The summed E-state index contributed by atoms with van der Waals surface area (Å²) >= 11 is 1.20. The van der Waals surface area contributed by atoms with Gasteiger partial charge in [-0.1, -0.05) is 11.3 Å². The monoisotopic (exact) mass is 298 g/mol. The first-order valence-electron chi connectivity index (χ1n) is 7.18. The summed E-state index contributed by atoms with van der Waals surface area (Å²) in [6, 6.07) is 0.320. The predicted octanol–water partition coefficient (Wildman–Crippen LogP) is 1.37. The molecule has 0 aliphatic heterocycles. The lowest BCUT2D eigenvalue weighted by Gasteiger charge is -2.37. The summed E-state index contributed by atoms with van der Waals surface area (Å²) in [6.07, 6.45) is 4.39. The van der Waals surface area contributed by atoms with Gasteiger partial charge in [0.05, 0.1) is 6.61 Å². The van der Waals surface area contributed by atoms with Crippen molar-refractivity contribution in [3.05, 3.63) is 20.7 Å². The summed E-state index contributed by atoms with van der Waals surface area (Å²) in [5.74, 6) is 0.102. The van der Waals surface area contributed by atoms with Crippen LogP contribution in [-0.2, 0) is 11.3 Å². The van der Waals surface area contributed by atoms with Crippen molar-refractivity contribution in [1.29, 1.82) is 0 Å². The van der Waals surface area contributed by atoms with Crippen LogP contribution in [0.4, 0.5) is 0 Å². The summed E-state index contributed by atoms with van der Waals surface area (Å²) in [7, 11) is 0. The number of carbonyl (C=O) groups excluding carboxylic acids is 1. The zero-order valence-electron chi connectivity index (χ0n) is 11.9. The van der Waals surface area contributed by atoms with Gasteiger partial charge in [0.15, 0.2) is 0 Å². The highest BCUT2D eigenvalue weighted by molar-refractivity contribution is 7.07. The zero-order chi connectivity index (χ0) is 14.5. The number of hydrogen-bond acceptors (Lipinski definition) is 4. The van der Waals surface area contributed by atoms with E-state index in [-0.39, 0.29) is 17.4 Å². The number of amides is 1. The van der Waals surface area contributed by atoms with Crippen LogP contribution >= 0.6 is 11.3 Å². The SMILES string of the molecule is Cc1csc(=O)n1CCCC(=O)N(CCO)C1CCC1. The molecule has 0 bridgehead atoms. The largest absolute Gasteiger partial charge is 0.395 e. The van der Waals surface area contributed by atoms with E-state index < -0.39 is 0 Å². The Labute approximate surface area is 122 Å². The van der Waals surface area contributed by atoms with Crippen molar-refractivity contribution in [1.82, 2.24) is 9.47 Å². The maximum Gasteiger partial charge on any atom is 0.307 e. The van der Waals surface area contributed by atoms with Gasteiger partial charge in [-0.3, -0.25) is 9.59 Å². The lowest BCUT2D eigenvalue weighted by atomic mass is 9.91. The number of hydrogen-bond donors (Lipinski definition) is 1. The van der Waals surface area contributed by atoms with Crippen molar-refractivity contribution in [3.8, 4) is 0 Å². The van der Waals surface area contributed by atoms with Gasteiger partial charge in [0, 0.05) is 36.6 Å². The minimum atomic E-state index is 0.0192. The second-order valence-electron chi connectivity index (χ2n) is 5.29. The predicted molar refractivity (Wildman–Crippen MR) is 79.0 cm³/mol. The molecule has 1 aromatic rings. The minimum absolute atomic E-state index is 0.0192.